The van der Waals surface area contributed by atoms with Crippen molar-refractivity contribution in [2.45, 2.75) is 74.6 Å². The normalized spacial score (nSPS) is 24.3. The Bertz CT molecular complexity index is 897. The molecule has 3 heterocycles. The Morgan fingerprint density at radius 3 is 2.58 bits per heavy atom. The Hall–Kier alpha value is -2.12. The van der Waals surface area contributed by atoms with Crippen molar-refractivity contribution in [1.29, 1.82) is 0 Å². The number of unbranched alkanes of at least 4 members (excludes halogenated alkanes) is 2. The first kappa shape index (κ1) is 22.1. The van der Waals surface area contributed by atoms with Gasteiger partial charge in [0.1, 0.15) is 11.1 Å². The fourth-order valence-electron chi connectivity index (χ4n) is 4.81. The van der Waals surface area contributed by atoms with Gasteiger partial charge in [0.2, 0.25) is 5.91 Å². The second kappa shape index (κ2) is 10.0. The quantitative estimate of drug-likeness (QED) is 0.632. The number of rotatable bonds is 7. The van der Waals surface area contributed by atoms with Crippen molar-refractivity contribution < 1.29 is 4.79 Å². The molecule has 31 heavy (non-hydrogen) atoms. The van der Waals surface area contributed by atoms with E-state index in [0.717, 1.165) is 36.5 Å². The third kappa shape index (κ3) is 5.04. The molecule has 4 rings (SSSR count). The Labute approximate surface area is 189 Å². The number of fused-ring (bicyclic) bond motifs is 1. The molecule has 166 valence electrons. The Morgan fingerprint density at radius 1 is 1.06 bits per heavy atom. The van der Waals surface area contributed by atoms with Crippen LogP contribution in [0.4, 0.5) is 11.5 Å². The summed E-state index contributed by atoms with van der Waals surface area (Å²) in [4.78, 5) is 27.6. The lowest BCUT2D eigenvalue weighted by Gasteiger charge is -2.39. The van der Waals surface area contributed by atoms with Crippen LogP contribution in [-0.4, -0.2) is 45.9 Å². The molecule has 1 amide bonds. The van der Waals surface area contributed by atoms with Crippen LogP contribution in [-0.2, 0) is 4.79 Å². The second-order valence-corrected chi connectivity index (χ2v) is 9.90. The highest BCUT2D eigenvalue weighted by Gasteiger charge is 2.35. The minimum atomic E-state index is -0.402. The molecule has 0 spiro atoms. The van der Waals surface area contributed by atoms with E-state index in [-0.39, 0.29) is 5.91 Å². The van der Waals surface area contributed by atoms with Crippen molar-refractivity contribution in [2.75, 3.05) is 23.7 Å². The van der Waals surface area contributed by atoms with Gasteiger partial charge >= 0.3 is 0 Å². The molecule has 6 nitrogen and oxygen atoms in total. The summed E-state index contributed by atoms with van der Waals surface area (Å²) in [5.41, 5.74) is 7.45. The topological polar surface area (TPSA) is 75.3 Å². The van der Waals surface area contributed by atoms with Gasteiger partial charge in [-0.25, -0.2) is 4.98 Å². The van der Waals surface area contributed by atoms with Crippen molar-refractivity contribution in [1.82, 2.24) is 14.9 Å². The molecule has 1 aromatic carbocycles. The minimum absolute atomic E-state index is 0.0712. The van der Waals surface area contributed by atoms with E-state index in [0.29, 0.717) is 23.6 Å². The Morgan fingerprint density at radius 2 is 1.81 bits per heavy atom. The van der Waals surface area contributed by atoms with Crippen LogP contribution in [0.1, 0.15) is 63.3 Å². The lowest BCUT2D eigenvalue weighted by Crippen LogP contribution is -2.44. The molecule has 0 aliphatic carbocycles. The number of para-hydroxylation sites is 1. The molecule has 2 aliphatic rings. The van der Waals surface area contributed by atoms with Crippen LogP contribution in [0.2, 0.25) is 0 Å². The first-order valence-electron chi connectivity index (χ1n) is 11.4. The van der Waals surface area contributed by atoms with Crippen LogP contribution in [0.3, 0.4) is 0 Å². The molecule has 1 unspecified atom stereocenters. The zero-order chi connectivity index (χ0) is 21.8. The minimum Gasteiger partial charge on any atom is -0.382 e. The van der Waals surface area contributed by atoms with Crippen LogP contribution in [0.25, 0.3) is 0 Å². The van der Waals surface area contributed by atoms with Crippen LogP contribution in [0.5, 0.6) is 0 Å². The lowest BCUT2D eigenvalue weighted by molar-refractivity contribution is -0.118. The number of nitrogens with two attached hydrogens (primary N) is 1. The summed E-state index contributed by atoms with van der Waals surface area (Å²) in [6.07, 6.45) is 10.4. The predicted octanol–water partition coefficient (Wildman–Crippen LogP) is 4.67. The number of benzene rings is 1. The van der Waals surface area contributed by atoms with Crippen molar-refractivity contribution in [3.05, 3.63) is 42.4 Å². The summed E-state index contributed by atoms with van der Waals surface area (Å²) >= 11 is 1.54. The molecule has 0 saturated carbocycles. The van der Waals surface area contributed by atoms with Gasteiger partial charge in [-0.2, -0.15) is 0 Å². The highest BCUT2D eigenvalue weighted by atomic mass is 32.2. The Kier molecular flexibility index (Phi) is 7.13. The maximum absolute atomic E-state index is 13.4. The lowest BCUT2D eigenvalue weighted by atomic mass is 9.97. The number of likely N-dealkylation sites (tertiary alicyclic amines) is 1. The first-order valence-corrected chi connectivity index (χ1v) is 12.3. The van der Waals surface area contributed by atoms with E-state index < -0.39 is 5.25 Å². The van der Waals surface area contributed by atoms with Gasteiger partial charge in [0.15, 0.2) is 0 Å². The van der Waals surface area contributed by atoms with Gasteiger partial charge in [0.25, 0.3) is 0 Å². The van der Waals surface area contributed by atoms with Crippen LogP contribution in [0.15, 0.2) is 41.6 Å². The predicted molar refractivity (Wildman–Crippen MR) is 127 cm³/mol. The number of nitrogen functional groups attached to an aromatic ring is 1. The fraction of sp³-hybridized carbons (Fsp3) is 0.542. The van der Waals surface area contributed by atoms with Crippen LogP contribution < -0.4 is 10.6 Å². The SMILES string of the molecule is C[C@@H]1CCC[C@H](C)N1CCCCCN1C(=O)C(c2cncc(N)n2)Sc2ccccc21. The number of carbonyl (C=O) groups excluding carboxylic acids is 1. The summed E-state index contributed by atoms with van der Waals surface area (Å²) in [5.74, 6) is 0.416. The third-order valence-corrected chi connectivity index (χ3v) is 7.78. The maximum atomic E-state index is 13.4. The molecule has 1 fully saturated rings. The summed E-state index contributed by atoms with van der Waals surface area (Å²) in [6.45, 7) is 6.60. The highest BCUT2D eigenvalue weighted by molar-refractivity contribution is 8.00. The van der Waals surface area contributed by atoms with Gasteiger partial charge in [-0.15, -0.1) is 11.8 Å². The number of amides is 1. The number of nitrogens with zero attached hydrogens (tertiary/aromatic N) is 4. The van der Waals surface area contributed by atoms with Crippen molar-refractivity contribution in [3.63, 3.8) is 0 Å². The highest BCUT2D eigenvalue weighted by Crippen LogP contribution is 2.46. The number of carbonyl (C=O) groups is 1. The fourth-order valence-corrected chi connectivity index (χ4v) is 5.99. The summed E-state index contributed by atoms with van der Waals surface area (Å²) < 4.78 is 0. The van der Waals surface area contributed by atoms with E-state index in [1.165, 1.54) is 43.6 Å². The van der Waals surface area contributed by atoms with E-state index in [9.17, 15) is 4.79 Å². The van der Waals surface area contributed by atoms with E-state index >= 15 is 0 Å². The largest absolute Gasteiger partial charge is 0.382 e. The van der Waals surface area contributed by atoms with Crippen molar-refractivity contribution >= 4 is 29.2 Å². The standard InChI is InChI=1S/C24H33N5OS/c1-17-9-8-10-18(2)28(17)13-6-3-7-14-29-20-11-4-5-12-21(20)31-23(24(29)30)19-15-26-16-22(25)27-19/h4-5,11-12,15-18,23H,3,6-10,13-14H2,1-2H3,(H2,25,27)/t17-,18+,23?. The summed E-state index contributed by atoms with van der Waals surface area (Å²) in [5, 5.41) is -0.402. The van der Waals surface area contributed by atoms with Crippen LogP contribution in [0, 0.1) is 0 Å². The molecule has 3 atom stereocenters. The van der Waals surface area contributed by atoms with E-state index in [4.69, 9.17) is 5.73 Å². The average Bonchev–Trinajstić information content (AvgIpc) is 2.76. The number of thioether (sulfide) groups is 1. The van der Waals surface area contributed by atoms with Gasteiger partial charge < -0.3 is 10.6 Å². The summed E-state index contributed by atoms with van der Waals surface area (Å²) in [7, 11) is 0. The van der Waals surface area contributed by atoms with Gasteiger partial charge in [-0.05, 0) is 58.2 Å². The van der Waals surface area contributed by atoms with Gasteiger partial charge in [0.05, 0.1) is 23.8 Å². The monoisotopic (exact) mass is 439 g/mol. The number of piperidine rings is 1. The van der Waals surface area contributed by atoms with Gasteiger partial charge in [-0.1, -0.05) is 25.0 Å². The molecule has 0 bridgehead atoms. The van der Waals surface area contributed by atoms with E-state index in [1.54, 1.807) is 6.20 Å². The molecule has 2 N–H and O–H groups in total. The third-order valence-electron chi connectivity index (χ3n) is 6.51. The van der Waals surface area contributed by atoms with Gasteiger partial charge in [-0.3, -0.25) is 14.7 Å². The van der Waals surface area contributed by atoms with E-state index in [1.807, 2.05) is 23.1 Å². The van der Waals surface area contributed by atoms with Crippen molar-refractivity contribution in [2.24, 2.45) is 0 Å². The van der Waals surface area contributed by atoms with E-state index in [2.05, 4.69) is 34.8 Å². The molecule has 7 heteroatoms. The average molecular weight is 440 g/mol. The Balaban J connectivity index is 1.39. The molecule has 2 aliphatic heterocycles. The molecule has 1 saturated heterocycles. The van der Waals surface area contributed by atoms with Crippen LogP contribution >= 0.6 is 11.8 Å². The molecule has 0 radical (unpaired) electrons. The number of anilines is 2. The second-order valence-electron chi connectivity index (χ2n) is 8.75. The molecule has 1 aromatic heterocycles. The zero-order valence-electron chi connectivity index (χ0n) is 18.5. The number of aromatic nitrogens is 2. The van der Waals surface area contributed by atoms with Crippen molar-refractivity contribution in [3.8, 4) is 0 Å². The number of hydrogen-bond acceptors (Lipinski definition) is 6. The zero-order valence-corrected chi connectivity index (χ0v) is 19.4. The molecular weight excluding hydrogens is 406 g/mol. The number of hydrogen-bond donors (Lipinski definition) is 1. The summed E-state index contributed by atoms with van der Waals surface area (Å²) in [6, 6.07) is 9.51. The van der Waals surface area contributed by atoms with Gasteiger partial charge in [0, 0.05) is 23.5 Å². The molecule has 2 aromatic rings. The molecular formula is C24H33N5OS. The maximum Gasteiger partial charge on any atom is 0.246 e. The smallest absolute Gasteiger partial charge is 0.246 e. The first-order chi connectivity index (χ1) is 15.0.